The first-order valence-corrected chi connectivity index (χ1v) is 9.35. The lowest BCUT2D eigenvalue weighted by atomic mass is 10.0. The van der Waals surface area contributed by atoms with E-state index in [1.54, 1.807) is 18.3 Å². The normalized spacial score (nSPS) is 10.9. The molecule has 0 amide bonds. The van der Waals surface area contributed by atoms with Crippen molar-refractivity contribution in [3.8, 4) is 11.5 Å². The van der Waals surface area contributed by atoms with Crippen LogP contribution in [0.3, 0.4) is 0 Å². The number of aromatic nitrogens is 2. The maximum atomic E-state index is 12.2. The van der Waals surface area contributed by atoms with Crippen LogP contribution >= 0.6 is 0 Å². The fraction of sp³-hybridized carbons (Fsp3) is 0.318. The fourth-order valence-electron chi connectivity index (χ4n) is 2.91. The number of Topliss-reactive ketones (excluding diaryl/α,β-unsaturated/α-hetero) is 1. The van der Waals surface area contributed by atoms with E-state index in [0.29, 0.717) is 17.9 Å². The minimum absolute atomic E-state index is 0.0568. The summed E-state index contributed by atoms with van der Waals surface area (Å²) in [5.41, 5.74) is 2.68. The lowest BCUT2D eigenvalue weighted by molar-refractivity contribution is 0.0946. The SMILES string of the molecule is O=C(CCCCCCc1ccccc1)c1ncc(-c2ccc(CO)cn2)o1. The highest BCUT2D eigenvalue weighted by Crippen LogP contribution is 2.20. The first-order chi connectivity index (χ1) is 13.3. The van der Waals surface area contributed by atoms with E-state index in [1.807, 2.05) is 6.07 Å². The summed E-state index contributed by atoms with van der Waals surface area (Å²) >= 11 is 0. The number of aryl methyl sites for hydroxylation is 1. The van der Waals surface area contributed by atoms with Gasteiger partial charge in [0.1, 0.15) is 5.69 Å². The molecular weight excluding hydrogens is 340 g/mol. The molecule has 0 unspecified atom stereocenters. The number of aliphatic hydroxyl groups excluding tert-OH is 1. The average Bonchev–Trinajstić information content (AvgIpc) is 3.21. The van der Waals surface area contributed by atoms with Crippen LogP contribution < -0.4 is 0 Å². The lowest BCUT2D eigenvalue weighted by Crippen LogP contribution is -1.99. The van der Waals surface area contributed by atoms with Gasteiger partial charge in [0.05, 0.1) is 12.8 Å². The molecule has 2 heterocycles. The summed E-state index contributed by atoms with van der Waals surface area (Å²) in [6, 6.07) is 14.0. The second-order valence-electron chi connectivity index (χ2n) is 6.56. The highest BCUT2D eigenvalue weighted by molar-refractivity contribution is 5.91. The summed E-state index contributed by atoms with van der Waals surface area (Å²) in [5, 5.41) is 9.05. The van der Waals surface area contributed by atoms with Gasteiger partial charge in [-0.05, 0) is 36.5 Å². The molecule has 27 heavy (non-hydrogen) atoms. The Labute approximate surface area is 159 Å². The Morgan fingerprint density at radius 3 is 2.44 bits per heavy atom. The van der Waals surface area contributed by atoms with E-state index in [4.69, 9.17) is 9.52 Å². The van der Waals surface area contributed by atoms with Gasteiger partial charge in [-0.2, -0.15) is 0 Å². The molecule has 0 saturated heterocycles. The molecule has 5 nitrogen and oxygen atoms in total. The topological polar surface area (TPSA) is 76.2 Å². The van der Waals surface area contributed by atoms with E-state index in [1.165, 1.54) is 11.8 Å². The highest BCUT2D eigenvalue weighted by Gasteiger charge is 2.14. The number of oxazole rings is 1. The lowest BCUT2D eigenvalue weighted by Gasteiger charge is -2.01. The Morgan fingerprint density at radius 2 is 1.70 bits per heavy atom. The average molecular weight is 364 g/mol. The Bertz CT molecular complexity index is 842. The van der Waals surface area contributed by atoms with Crippen LogP contribution in [0, 0.1) is 0 Å². The van der Waals surface area contributed by atoms with Crippen molar-refractivity contribution in [2.75, 3.05) is 0 Å². The molecule has 0 bridgehead atoms. The zero-order valence-corrected chi connectivity index (χ0v) is 15.3. The number of benzene rings is 1. The molecule has 1 N–H and O–H groups in total. The maximum Gasteiger partial charge on any atom is 0.263 e. The Morgan fingerprint density at radius 1 is 0.889 bits per heavy atom. The molecule has 0 aliphatic heterocycles. The number of hydrogen-bond acceptors (Lipinski definition) is 5. The van der Waals surface area contributed by atoms with E-state index < -0.39 is 0 Å². The number of nitrogens with zero attached hydrogens (tertiary/aromatic N) is 2. The standard InChI is InChI=1S/C22H24N2O3/c25-16-18-12-13-19(23-14-18)21-15-24-22(27-21)20(26)11-7-2-1-4-8-17-9-5-3-6-10-17/h3,5-6,9-10,12-15,25H,1-2,4,7-8,11,16H2. The molecule has 0 aliphatic rings. The number of hydrogen-bond donors (Lipinski definition) is 1. The first kappa shape index (κ1) is 19.0. The first-order valence-electron chi connectivity index (χ1n) is 9.35. The smallest absolute Gasteiger partial charge is 0.263 e. The highest BCUT2D eigenvalue weighted by atomic mass is 16.4. The number of pyridine rings is 1. The van der Waals surface area contributed by atoms with Crippen molar-refractivity contribution < 1.29 is 14.3 Å². The molecule has 1 aromatic carbocycles. The zero-order chi connectivity index (χ0) is 18.9. The third kappa shape index (κ3) is 5.59. The summed E-state index contributed by atoms with van der Waals surface area (Å²) in [6.45, 7) is -0.0568. The van der Waals surface area contributed by atoms with E-state index >= 15 is 0 Å². The van der Waals surface area contributed by atoms with Gasteiger partial charge in [-0.15, -0.1) is 0 Å². The number of aliphatic hydroxyl groups is 1. The van der Waals surface area contributed by atoms with Crippen LogP contribution in [0.1, 0.15) is 53.9 Å². The largest absolute Gasteiger partial charge is 0.432 e. The van der Waals surface area contributed by atoms with E-state index in [0.717, 1.165) is 37.7 Å². The zero-order valence-electron chi connectivity index (χ0n) is 15.3. The summed E-state index contributed by atoms with van der Waals surface area (Å²) in [5.74, 6) is 0.532. The van der Waals surface area contributed by atoms with Gasteiger partial charge in [0.2, 0.25) is 5.78 Å². The van der Waals surface area contributed by atoms with Crippen molar-refractivity contribution in [1.29, 1.82) is 0 Å². The molecule has 0 fully saturated rings. The monoisotopic (exact) mass is 364 g/mol. The molecule has 140 valence electrons. The Kier molecular flexibility index (Phi) is 6.88. The third-order valence-electron chi connectivity index (χ3n) is 4.47. The maximum absolute atomic E-state index is 12.2. The predicted molar refractivity (Wildman–Crippen MR) is 103 cm³/mol. The van der Waals surface area contributed by atoms with Gasteiger partial charge in [0, 0.05) is 12.6 Å². The minimum Gasteiger partial charge on any atom is -0.432 e. The van der Waals surface area contributed by atoms with Crippen LogP contribution in [0.4, 0.5) is 0 Å². The molecular formula is C22H24N2O3. The molecule has 5 heteroatoms. The molecule has 0 saturated carbocycles. The van der Waals surface area contributed by atoms with E-state index in [2.05, 4.69) is 34.2 Å². The molecule has 0 atom stereocenters. The molecule has 2 aromatic heterocycles. The van der Waals surface area contributed by atoms with E-state index in [-0.39, 0.29) is 18.3 Å². The van der Waals surface area contributed by atoms with Crippen molar-refractivity contribution in [3.05, 3.63) is 71.9 Å². The summed E-state index contributed by atoms with van der Waals surface area (Å²) in [4.78, 5) is 20.5. The second-order valence-corrected chi connectivity index (χ2v) is 6.56. The van der Waals surface area contributed by atoms with Crippen LogP contribution in [0.5, 0.6) is 0 Å². The summed E-state index contributed by atoms with van der Waals surface area (Å²) in [7, 11) is 0. The number of ketones is 1. The minimum atomic E-state index is -0.0729. The van der Waals surface area contributed by atoms with Crippen molar-refractivity contribution in [1.82, 2.24) is 9.97 Å². The third-order valence-corrected chi connectivity index (χ3v) is 4.47. The van der Waals surface area contributed by atoms with Crippen LogP contribution in [0.25, 0.3) is 11.5 Å². The van der Waals surface area contributed by atoms with Crippen molar-refractivity contribution in [2.24, 2.45) is 0 Å². The molecule has 0 radical (unpaired) electrons. The van der Waals surface area contributed by atoms with Crippen LogP contribution in [0.15, 0.2) is 59.3 Å². The van der Waals surface area contributed by atoms with Gasteiger partial charge in [0.15, 0.2) is 5.76 Å². The second kappa shape index (κ2) is 9.78. The fourth-order valence-corrected chi connectivity index (χ4v) is 2.91. The summed E-state index contributed by atoms with van der Waals surface area (Å²) < 4.78 is 5.56. The number of carbonyl (C=O) groups is 1. The van der Waals surface area contributed by atoms with Crippen LogP contribution in [-0.4, -0.2) is 20.9 Å². The summed E-state index contributed by atoms with van der Waals surface area (Å²) in [6.07, 6.45) is 8.74. The number of carbonyl (C=O) groups excluding carboxylic acids is 1. The molecule has 3 aromatic rings. The Balaban J connectivity index is 1.40. The van der Waals surface area contributed by atoms with Gasteiger partial charge in [0.25, 0.3) is 5.89 Å². The quantitative estimate of drug-likeness (QED) is 0.420. The van der Waals surface area contributed by atoms with Gasteiger partial charge in [-0.25, -0.2) is 4.98 Å². The number of rotatable bonds is 10. The van der Waals surface area contributed by atoms with Crippen LogP contribution in [0.2, 0.25) is 0 Å². The Hall–Kier alpha value is -2.79. The van der Waals surface area contributed by atoms with Gasteiger partial charge in [-0.3, -0.25) is 9.78 Å². The van der Waals surface area contributed by atoms with Crippen molar-refractivity contribution in [2.45, 2.75) is 45.1 Å². The molecule has 3 rings (SSSR count). The number of unbranched alkanes of at least 4 members (excludes halogenated alkanes) is 3. The predicted octanol–water partition coefficient (Wildman–Crippen LogP) is 4.60. The van der Waals surface area contributed by atoms with Gasteiger partial charge < -0.3 is 9.52 Å². The van der Waals surface area contributed by atoms with Gasteiger partial charge >= 0.3 is 0 Å². The van der Waals surface area contributed by atoms with Crippen LogP contribution in [-0.2, 0) is 13.0 Å². The van der Waals surface area contributed by atoms with Crippen molar-refractivity contribution in [3.63, 3.8) is 0 Å². The molecule has 0 aliphatic carbocycles. The van der Waals surface area contributed by atoms with Gasteiger partial charge in [-0.1, -0.05) is 49.2 Å². The van der Waals surface area contributed by atoms with E-state index in [9.17, 15) is 4.79 Å². The van der Waals surface area contributed by atoms with Crippen molar-refractivity contribution >= 4 is 5.78 Å². The molecule has 0 spiro atoms.